The third-order valence-corrected chi connectivity index (χ3v) is 4.52. The van der Waals surface area contributed by atoms with E-state index in [0.717, 1.165) is 22.3 Å². The fourth-order valence-corrected chi connectivity index (χ4v) is 2.99. The van der Waals surface area contributed by atoms with Crippen LogP contribution >= 0.6 is 0 Å². The number of fused-ring (bicyclic) bond motifs is 1. The first-order chi connectivity index (χ1) is 12.9. The van der Waals surface area contributed by atoms with E-state index in [2.05, 4.69) is 30.4 Å². The Labute approximate surface area is 158 Å². The van der Waals surface area contributed by atoms with Crippen LogP contribution in [0, 0.1) is 6.92 Å². The van der Waals surface area contributed by atoms with Gasteiger partial charge in [0.1, 0.15) is 11.5 Å². The number of nitrogens with one attached hydrogen (secondary N) is 1. The summed E-state index contributed by atoms with van der Waals surface area (Å²) in [6.07, 6.45) is 1.30. The van der Waals surface area contributed by atoms with Crippen LogP contribution < -0.4 is 5.43 Å². The number of carbonyl (C=O) groups excluding carboxylic acids is 1. The molecule has 138 valence electrons. The second-order valence-electron chi connectivity index (χ2n) is 6.84. The molecule has 0 bridgehead atoms. The van der Waals surface area contributed by atoms with Gasteiger partial charge in [0.05, 0.1) is 6.21 Å². The molecular formula is C22H22N2O3. The maximum atomic E-state index is 12.7. The number of rotatable bonds is 4. The van der Waals surface area contributed by atoms with Crippen molar-refractivity contribution >= 4 is 12.1 Å². The lowest BCUT2D eigenvalue weighted by atomic mass is 10.0. The minimum atomic E-state index is -0.329. The Morgan fingerprint density at radius 1 is 1.07 bits per heavy atom. The minimum Gasteiger partial charge on any atom is -0.508 e. The highest BCUT2D eigenvalue weighted by Crippen LogP contribution is 2.33. The Balaban J connectivity index is 1.89. The molecule has 0 aliphatic heterocycles. The van der Waals surface area contributed by atoms with Gasteiger partial charge in [-0.25, -0.2) is 5.43 Å². The summed E-state index contributed by atoms with van der Waals surface area (Å²) in [5, 5.41) is 23.1. The van der Waals surface area contributed by atoms with E-state index in [1.165, 1.54) is 24.4 Å². The van der Waals surface area contributed by atoms with Crippen LogP contribution in [-0.4, -0.2) is 22.3 Å². The zero-order valence-corrected chi connectivity index (χ0v) is 15.5. The molecule has 0 aromatic heterocycles. The van der Waals surface area contributed by atoms with Crippen LogP contribution in [0.15, 0.2) is 53.6 Å². The molecule has 2 aliphatic rings. The lowest BCUT2D eigenvalue weighted by Gasteiger charge is -2.05. The molecule has 0 saturated carbocycles. The van der Waals surface area contributed by atoms with E-state index >= 15 is 0 Å². The summed E-state index contributed by atoms with van der Waals surface area (Å²) >= 11 is 0. The first-order valence-corrected chi connectivity index (χ1v) is 8.75. The summed E-state index contributed by atoms with van der Waals surface area (Å²) in [5.41, 5.74) is 7.45. The van der Waals surface area contributed by atoms with Crippen LogP contribution in [0.4, 0.5) is 0 Å². The molecule has 5 nitrogen and oxygen atoms in total. The third kappa shape index (κ3) is 3.92. The highest BCUT2D eigenvalue weighted by atomic mass is 16.3. The van der Waals surface area contributed by atoms with Gasteiger partial charge in [0.2, 0.25) is 0 Å². The summed E-state index contributed by atoms with van der Waals surface area (Å²) in [5.74, 6) is -0.00989. The number of aryl methyl sites for hydroxylation is 1. The van der Waals surface area contributed by atoms with Gasteiger partial charge in [0, 0.05) is 11.1 Å². The van der Waals surface area contributed by atoms with Gasteiger partial charge < -0.3 is 10.2 Å². The van der Waals surface area contributed by atoms with Crippen LogP contribution in [0.1, 0.15) is 46.8 Å². The summed E-state index contributed by atoms with van der Waals surface area (Å²) < 4.78 is 0. The fraction of sp³-hybridized carbons (Fsp3) is 0.182. The molecule has 1 amide bonds. The number of hydrazone groups is 1. The Morgan fingerprint density at radius 2 is 1.85 bits per heavy atom. The number of hydrogen-bond acceptors (Lipinski definition) is 4. The number of amides is 1. The van der Waals surface area contributed by atoms with E-state index in [-0.39, 0.29) is 17.4 Å². The molecule has 2 aliphatic carbocycles. The average Bonchev–Trinajstić information content (AvgIpc) is 2.80. The highest BCUT2D eigenvalue weighted by Gasteiger charge is 2.18. The van der Waals surface area contributed by atoms with E-state index in [0.29, 0.717) is 17.0 Å². The summed E-state index contributed by atoms with van der Waals surface area (Å²) in [7, 11) is 0. The topological polar surface area (TPSA) is 81.9 Å². The maximum absolute atomic E-state index is 12.7. The number of aromatic hydroxyl groups is 2. The normalized spacial score (nSPS) is 11.4. The molecule has 1 aromatic rings. The number of benzene rings is 1. The van der Waals surface area contributed by atoms with Crippen molar-refractivity contribution in [2.75, 3.05) is 0 Å². The van der Waals surface area contributed by atoms with E-state index in [9.17, 15) is 15.0 Å². The van der Waals surface area contributed by atoms with Crippen molar-refractivity contribution in [3.8, 4) is 22.6 Å². The van der Waals surface area contributed by atoms with E-state index in [1.54, 1.807) is 0 Å². The molecule has 0 unspecified atom stereocenters. The molecule has 27 heavy (non-hydrogen) atoms. The van der Waals surface area contributed by atoms with Gasteiger partial charge in [-0.3, -0.25) is 4.79 Å². The van der Waals surface area contributed by atoms with Crippen LogP contribution in [0.3, 0.4) is 0 Å². The Kier molecular flexibility index (Phi) is 5.12. The van der Waals surface area contributed by atoms with Crippen molar-refractivity contribution in [2.24, 2.45) is 5.10 Å². The molecule has 0 fully saturated rings. The van der Waals surface area contributed by atoms with Crippen molar-refractivity contribution in [3.05, 3.63) is 70.8 Å². The van der Waals surface area contributed by atoms with E-state index in [4.69, 9.17) is 0 Å². The second kappa shape index (κ2) is 7.50. The van der Waals surface area contributed by atoms with E-state index < -0.39 is 0 Å². The van der Waals surface area contributed by atoms with E-state index in [1.807, 2.05) is 31.2 Å². The second-order valence-corrected chi connectivity index (χ2v) is 6.84. The van der Waals surface area contributed by atoms with Crippen LogP contribution in [-0.2, 0) is 0 Å². The third-order valence-electron chi connectivity index (χ3n) is 4.52. The Morgan fingerprint density at radius 3 is 2.59 bits per heavy atom. The quantitative estimate of drug-likeness (QED) is 0.365. The lowest BCUT2D eigenvalue weighted by molar-refractivity contribution is 0.0956. The Hall–Kier alpha value is -3.34. The number of nitrogens with zero attached hydrogens (tertiary/aromatic N) is 1. The molecule has 5 heteroatoms. The largest absolute Gasteiger partial charge is 0.508 e. The van der Waals surface area contributed by atoms with Gasteiger partial charge >= 0.3 is 0 Å². The molecule has 0 radical (unpaired) electrons. The van der Waals surface area contributed by atoms with Gasteiger partial charge in [-0.15, -0.1) is 0 Å². The predicted molar refractivity (Wildman–Crippen MR) is 107 cm³/mol. The number of phenolic OH excluding ortho intramolecular Hbond substituents is 2. The lowest BCUT2D eigenvalue weighted by Crippen LogP contribution is -2.17. The minimum absolute atomic E-state index is 0.00643. The molecular weight excluding hydrogens is 340 g/mol. The van der Waals surface area contributed by atoms with Crippen LogP contribution in [0.5, 0.6) is 11.5 Å². The first-order valence-electron chi connectivity index (χ1n) is 8.75. The predicted octanol–water partition coefficient (Wildman–Crippen LogP) is 4.40. The van der Waals surface area contributed by atoms with Crippen molar-refractivity contribution < 1.29 is 15.0 Å². The van der Waals surface area contributed by atoms with Gasteiger partial charge in [-0.2, -0.15) is 5.10 Å². The van der Waals surface area contributed by atoms with Crippen molar-refractivity contribution in [3.63, 3.8) is 0 Å². The monoisotopic (exact) mass is 362 g/mol. The molecule has 1 aromatic carbocycles. The summed E-state index contributed by atoms with van der Waals surface area (Å²) in [6.45, 7) is 6.20. The van der Waals surface area contributed by atoms with Gasteiger partial charge in [0.15, 0.2) is 0 Å². The van der Waals surface area contributed by atoms with Gasteiger partial charge in [0.25, 0.3) is 5.91 Å². The van der Waals surface area contributed by atoms with Crippen molar-refractivity contribution in [1.29, 1.82) is 0 Å². The van der Waals surface area contributed by atoms with Crippen molar-refractivity contribution in [2.45, 2.75) is 26.7 Å². The zero-order valence-electron chi connectivity index (χ0n) is 15.5. The van der Waals surface area contributed by atoms with Gasteiger partial charge in [-0.1, -0.05) is 38.1 Å². The molecule has 3 rings (SSSR count). The number of hydrogen-bond donors (Lipinski definition) is 3. The first kappa shape index (κ1) is 18.5. The average molecular weight is 362 g/mol. The standard InChI is InChI=1S/C22H22N2O3/c1-13(2)15-5-4-6-18-14(3)9-20(19(18)11-15)22(27)24-23-12-16-10-17(25)7-8-21(16)26/h4-13,25-26H,1-3H3,(H,24,27)/b23-12+. The Bertz CT molecular complexity index is 993. The molecule has 0 spiro atoms. The van der Waals surface area contributed by atoms with Crippen LogP contribution in [0.2, 0.25) is 0 Å². The maximum Gasteiger partial charge on any atom is 0.272 e. The molecule has 3 N–H and O–H groups in total. The van der Waals surface area contributed by atoms with Crippen LogP contribution in [0.25, 0.3) is 11.1 Å². The molecule has 0 heterocycles. The molecule has 0 atom stereocenters. The molecule has 0 saturated heterocycles. The zero-order chi connectivity index (χ0) is 19.6. The summed E-state index contributed by atoms with van der Waals surface area (Å²) in [6, 6.07) is 14.1. The fourth-order valence-electron chi connectivity index (χ4n) is 2.99. The highest BCUT2D eigenvalue weighted by molar-refractivity contribution is 6.03. The van der Waals surface area contributed by atoms with Gasteiger partial charge in [-0.05, 0) is 59.4 Å². The smallest absolute Gasteiger partial charge is 0.272 e. The van der Waals surface area contributed by atoms with Crippen molar-refractivity contribution in [1.82, 2.24) is 5.43 Å². The summed E-state index contributed by atoms with van der Waals surface area (Å²) in [4.78, 5) is 12.7. The number of carbonyl (C=O) groups is 1. The SMILES string of the molecule is Cc1cc(C(=O)N/N=C/c2cc(O)ccc2O)c2cc(C(C)C)cccc1-2. The number of phenols is 2.